The number of benzene rings is 1. The van der Waals surface area contributed by atoms with Crippen LogP contribution in [-0.2, 0) is 4.74 Å². The molecule has 0 spiro atoms. The molecule has 1 fully saturated rings. The third-order valence-corrected chi connectivity index (χ3v) is 23.0. The normalized spacial score (nSPS) is 18.6. The fourth-order valence-electron chi connectivity index (χ4n) is 5.85. The van der Waals surface area contributed by atoms with Crippen LogP contribution in [0.3, 0.4) is 0 Å². The molecule has 0 radical (unpaired) electrons. The SMILES string of the molecule is CCC[CH2][Sn]([CH2]CCC)([CH2]CCC)[c]1cc(C2CCN(C(=O)OC(C)(C)C)CC2c2ccc(F)cc2)on1. The van der Waals surface area contributed by atoms with Gasteiger partial charge in [0.1, 0.15) is 0 Å². The Labute approximate surface area is 233 Å². The summed E-state index contributed by atoms with van der Waals surface area (Å²) in [5.74, 6) is 0.759. The summed E-state index contributed by atoms with van der Waals surface area (Å²) in [6.45, 7) is 13.6. The predicted octanol–water partition coefficient (Wildman–Crippen LogP) is 8.38. The topological polar surface area (TPSA) is 55.6 Å². The molecule has 3 rings (SSSR count). The molecule has 5 nitrogen and oxygen atoms in total. The van der Waals surface area contributed by atoms with Crippen molar-refractivity contribution in [1.29, 1.82) is 0 Å². The number of unbranched alkanes of at least 4 members (excludes halogenated alkanes) is 3. The van der Waals surface area contributed by atoms with Crippen molar-refractivity contribution in [2.24, 2.45) is 0 Å². The Bertz CT molecular complexity index is 980. The van der Waals surface area contributed by atoms with Gasteiger partial charge in [0.15, 0.2) is 0 Å². The van der Waals surface area contributed by atoms with Gasteiger partial charge in [-0.3, -0.25) is 0 Å². The van der Waals surface area contributed by atoms with Crippen molar-refractivity contribution >= 4 is 28.2 Å². The molecule has 1 aliphatic rings. The number of aromatic nitrogens is 1. The number of rotatable bonds is 12. The number of nitrogens with zero attached hydrogens (tertiary/aromatic N) is 2. The quantitative estimate of drug-likeness (QED) is 0.220. The average molecular weight is 635 g/mol. The van der Waals surface area contributed by atoms with Crippen LogP contribution < -0.4 is 3.71 Å². The molecule has 1 aromatic carbocycles. The second kappa shape index (κ2) is 14.2. The van der Waals surface area contributed by atoms with E-state index in [2.05, 4.69) is 26.8 Å². The van der Waals surface area contributed by atoms with E-state index in [-0.39, 0.29) is 23.7 Å². The van der Waals surface area contributed by atoms with Crippen LogP contribution in [0.25, 0.3) is 0 Å². The molecule has 1 aliphatic heterocycles. The number of hydrogen-bond donors (Lipinski definition) is 0. The van der Waals surface area contributed by atoms with Crippen LogP contribution in [0.15, 0.2) is 34.9 Å². The Morgan fingerprint density at radius 2 is 1.61 bits per heavy atom. The second-order valence-electron chi connectivity index (χ2n) is 12.2. The number of halogens is 1. The summed E-state index contributed by atoms with van der Waals surface area (Å²) in [5, 5.41) is 4.82. The van der Waals surface area contributed by atoms with Gasteiger partial charge < -0.3 is 0 Å². The molecule has 0 N–H and O–H groups in total. The molecular weight excluding hydrogens is 586 g/mol. The molecule has 1 aromatic heterocycles. The van der Waals surface area contributed by atoms with Crippen molar-refractivity contribution in [3.8, 4) is 0 Å². The Morgan fingerprint density at radius 3 is 2.13 bits per heavy atom. The minimum absolute atomic E-state index is 0.0100. The Hall–Kier alpha value is -1.57. The van der Waals surface area contributed by atoms with Crippen LogP contribution in [-0.4, -0.2) is 53.2 Å². The molecule has 0 saturated carbocycles. The van der Waals surface area contributed by atoms with E-state index in [1.807, 2.05) is 32.9 Å². The van der Waals surface area contributed by atoms with E-state index in [9.17, 15) is 9.18 Å². The molecule has 0 bridgehead atoms. The van der Waals surface area contributed by atoms with Crippen molar-refractivity contribution < 1.29 is 18.4 Å². The minimum atomic E-state index is -2.72. The van der Waals surface area contributed by atoms with E-state index in [4.69, 9.17) is 14.4 Å². The van der Waals surface area contributed by atoms with Crippen molar-refractivity contribution in [3.05, 3.63) is 47.5 Å². The Kier molecular flexibility index (Phi) is 11.6. The van der Waals surface area contributed by atoms with Gasteiger partial charge in [-0.1, -0.05) is 0 Å². The summed E-state index contributed by atoms with van der Waals surface area (Å²) in [6, 6.07) is 9.01. The maximum absolute atomic E-state index is 13.8. The number of likely N-dealkylation sites (tertiary alicyclic amines) is 1. The zero-order valence-electron chi connectivity index (χ0n) is 24.5. The summed E-state index contributed by atoms with van der Waals surface area (Å²) < 4.78 is 31.0. The van der Waals surface area contributed by atoms with E-state index < -0.39 is 24.0 Å². The van der Waals surface area contributed by atoms with Gasteiger partial charge in [-0.15, -0.1) is 0 Å². The van der Waals surface area contributed by atoms with Gasteiger partial charge in [-0.05, 0) is 0 Å². The summed E-state index contributed by atoms with van der Waals surface area (Å²) in [7, 11) is 0. The number of carbonyl (C=O) groups is 1. The van der Waals surface area contributed by atoms with Gasteiger partial charge in [-0.2, -0.15) is 0 Å². The molecular formula is C31H49FN2O3Sn. The Morgan fingerprint density at radius 1 is 1.03 bits per heavy atom. The standard InChI is InChI=1S/C19H22FN2O3.3C4H9.Sn/c1-19(2,3)24-18(23)22-11-9-15(17-8-10-21-25-17)16(12-22)13-4-6-14(20)7-5-13;3*1-3-4-2;/h4-8,15-16H,9,11-12H2,1-3H3;3*1,3-4H2,2H3;. The maximum atomic E-state index is 13.8. The zero-order chi connectivity index (χ0) is 27.8. The van der Waals surface area contributed by atoms with Crippen LogP contribution in [0.1, 0.15) is 110 Å². The molecule has 2 heterocycles. The second-order valence-corrected chi connectivity index (χ2v) is 25.2. The molecule has 0 aliphatic carbocycles. The fourth-order valence-corrected chi connectivity index (χ4v) is 21.0. The van der Waals surface area contributed by atoms with E-state index in [0.717, 1.165) is 17.7 Å². The van der Waals surface area contributed by atoms with Crippen LogP contribution in [0.5, 0.6) is 0 Å². The van der Waals surface area contributed by atoms with Gasteiger partial charge in [0.05, 0.1) is 0 Å². The van der Waals surface area contributed by atoms with Crippen LogP contribution in [0.2, 0.25) is 13.3 Å². The molecule has 7 heteroatoms. The third kappa shape index (κ3) is 8.22. The van der Waals surface area contributed by atoms with Crippen LogP contribution >= 0.6 is 0 Å². The van der Waals surface area contributed by atoms with Crippen molar-refractivity contribution in [3.63, 3.8) is 0 Å². The van der Waals surface area contributed by atoms with E-state index in [1.54, 1.807) is 4.90 Å². The summed E-state index contributed by atoms with van der Waals surface area (Å²) in [6.07, 6.45) is 7.95. The van der Waals surface area contributed by atoms with Gasteiger partial charge in [0.2, 0.25) is 0 Å². The first-order chi connectivity index (χ1) is 18.1. The molecule has 212 valence electrons. The van der Waals surface area contributed by atoms with Crippen LogP contribution in [0.4, 0.5) is 9.18 Å². The van der Waals surface area contributed by atoms with E-state index in [1.165, 1.54) is 67.7 Å². The average Bonchev–Trinajstić information content (AvgIpc) is 3.38. The number of piperidine rings is 1. The van der Waals surface area contributed by atoms with Gasteiger partial charge in [0, 0.05) is 0 Å². The van der Waals surface area contributed by atoms with Crippen molar-refractivity contribution in [1.82, 2.24) is 10.1 Å². The van der Waals surface area contributed by atoms with Gasteiger partial charge in [0.25, 0.3) is 0 Å². The van der Waals surface area contributed by atoms with Gasteiger partial charge >= 0.3 is 234 Å². The van der Waals surface area contributed by atoms with Crippen LogP contribution in [0, 0.1) is 5.82 Å². The first-order valence-corrected chi connectivity index (χ1v) is 22.3. The van der Waals surface area contributed by atoms with Crippen molar-refractivity contribution in [2.45, 2.75) is 117 Å². The van der Waals surface area contributed by atoms with Gasteiger partial charge in [-0.25, -0.2) is 0 Å². The number of amides is 1. The molecule has 38 heavy (non-hydrogen) atoms. The molecule has 2 unspecified atom stereocenters. The monoisotopic (exact) mass is 636 g/mol. The predicted molar refractivity (Wildman–Crippen MR) is 155 cm³/mol. The van der Waals surface area contributed by atoms with E-state index >= 15 is 0 Å². The Balaban J connectivity index is 1.94. The van der Waals surface area contributed by atoms with E-state index in [0.29, 0.717) is 13.1 Å². The zero-order valence-corrected chi connectivity index (χ0v) is 27.4. The summed E-state index contributed by atoms with van der Waals surface area (Å²) in [4.78, 5) is 14.7. The molecule has 2 atom stereocenters. The number of hydrogen-bond acceptors (Lipinski definition) is 4. The molecule has 1 amide bonds. The molecule has 1 saturated heterocycles. The fraction of sp³-hybridized carbons (Fsp3) is 0.677. The summed E-state index contributed by atoms with van der Waals surface area (Å²) >= 11 is -2.72. The molecule has 2 aromatic rings. The van der Waals surface area contributed by atoms with Crippen molar-refractivity contribution in [2.75, 3.05) is 13.1 Å². The first kappa shape index (κ1) is 31.0. The first-order valence-electron chi connectivity index (χ1n) is 14.8. The third-order valence-electron chi connectivity index (χ3n) is 8.03. The summed E-state index contributed by atoms with van der Waals surface area (Å²) in [5.41, 5.74) is 0.464. The number of ether oxygens (including phenoxy) is 1. The number of carbonyl (C=O) groups excluding carboxylic acids is 1.